The van der Waals surface area contributed by atoms with Crippen molar-refractivity contribution in [3.8, 4) is 11.5 Å². The third-order valence-electron chi connectivity index (χ3n) is 5.52. The molecule has 1 saturated heterocycles. The lowest BCUT2D eigenvalue weighted by atomic mass is 10.1. The third-order valence-corrected chi connectivity index (χ3v) is 6.05. The number of hydrogen-bond donors (Lipinski definition) is 3. The molecule has 3 atom stereocenters. The second kappa shape index (κ2) is 10.7. The molecule has 3 unspecified atom stereocenters. The minimum Gasteiger partial charge on any atom is -0.497 e. The molecule has 0 aliphatic carbocycles. The Kier molecular flexibility index (Phi) is 7.51. The van der Waals surface area contributed by atoms with Crippen molar-refractivity contribution in [3.05, 3.63) is 58.6 Å². The number of likely N-dealkylation sites (N-methyl/N-ethyl adjacent to an activating group) is 1. The van der Waals surface area contributed by atoms with Crippen LogP contribution in [0, 0.1) is 0 Å². The van der Waals surface area contributed by atoms with E-state index in [9.17, 15) is 14.7 Å². The van der Waals surface area contributed by atoms with Gasteiger partial charge in [0.2, 0.25) is 5.96 Å². The molecule has 3 amide bonds. The molecule has 11 nitrogen and oxygen atoms in total. The predicted octanol–water partition coefficient (Wildman–Crippen LogP) is 1.37. The number of carbonyl (C=O) groups excluding carboxylic acids is 2. The number of fused-ring (bicyclic) bond motifs is 1. The summed E-state index contributed by atoms with van der Waals surface area (Å²) >= 11 is 3.36. The maximum Gasteiger partial charge on any atom is 0.325 e. The van der Waals surface area contributed by atoms with Gasteiger partial charge in [-0.25, -0.2) is 15.2 Å². The van der Waals surface area contributed by atoms with Gasteiger partial charge in [-0.05, 0) is 54.1 Å². The fraction of sp³-hybridized carbons (Fsp3) is 0.304. The van der Waals surface area contributed by atoms with Crippen LogP contribution in [0.5, 0.6) is 11.5 Å². The van der Waals surface area contributed by atoms with Gasteiger partial charge in [-0.3, -0.25) is 10.1 Å². The van der Waals surface area contributed by atoms with Crippen molar-refractivity contribution < 1.29 is 24.2 Å². The van der Waals surface area contributed by atoms with E-state index in [1.807, 2.05) is 36.4 Å². The summed E-state index contributed by atoms with van der Waals surface area (Å²) in [4.78, 5) is 32.2. The molecule has 35 heavy (non-hydrogen) atoms. The summed E-state index contributed by atoms with van der Waals surface area (Å²) in [6.07, 6.45) is -0.121. The molecule has 2 aliphatic heterocycles. The molecule has 0 saturated carbocycles. The summed E-state index contributed by atoms with van der Waals surface area (Å²) in [5.41, 5.74) is 3.66. The monoisotopic (exact) mass is 544 g/mol. The Morgan fingerprint density at radius 1 is 1.20 bits per heavy atom. The van der Waals surface area contributed by atoms with Crippen LogP contribution in [-0.2, 0) is 4.79 Å². The standard InChI is InChI=1S/C23H25BrN6O5/c1-29-20-19(21(32)27-23(29)33)30(12-16(31)13-35-18-9-5-15(24)6-10-18)22(26-20)28-25-11-14-3-7-17(34-2)8-4-14/h3-11,16,19-20,31H,12-13H2,1-2H3,(H,26,28)(H,27,32,33)/b25-11-. The first-order chi connectivity index (χ1) is 16.9. The molecule has 3 N–H and O–H groups in total. The Bertz CT molecular complexity index is 1120. The topological polar surface area (TPSA) is 128 Å². The molecule has 2 aromatic carbocycles. The molecule has 184 valence electrons. The molecule has 0 spiro atoms. The smallest absolute Gasteiger partial charge is 0.325 e. The number of aliphatic hydroxyl groups excluding tert-OH is 1. The first-order valence-electron chi connectivity index (χ1n) is 10.8. The van der Waals surface area contributed by atoms with Crippen molar-refractivity contribution in [3.63, 3.8) is 0 Å². The molecular formula is C23H25BrN6O5. The lowest BCUT2D eigenvalue weighted by molar-refractivity contribution is -0.127. The highest BCUT2D eigenvalue weighted by atomic mass is 79.9. The number of amides is 3. The highest BCUT2D eigenvalue weighted by Crippen LogP contribution is 2.24. The fourth-order valence-corrected chi connectivity index (χ4v) is 3.94. The highest BCUT2D eigenvalue weighted by Gasteiger charge is 2.49. The van der Waals surface area contributed by atoms with E-state index in [0.29, 0.717) is 5.75 Å². The lowest BCUT2D eigenvalue weighted by Gasteiger charge is -2.36. The SMILES string of the molecule is COc1ccc(/C=N\NC2=NC3C(C(=O)NC(=O)N3C)N2CC(O)COc2ccc(Br)cc2)cc1. The highest BCUT2D eigenvalue weighted by molar-refractivity contribution is 9.10. The van der Waals surface area contributed by atoms with Crippen molar-refractivity contribution in [2.24, 2.45) is 10.1 Å². The van der Waals surface area contributed by atoms with Crippen LogP contribution in [-0.4, -0.2) is 84.6 Å². The van der Waals surface area contributed by atoms with Crippen LogP contribution in [0.25, 0.3) is 0 Å². The Hall–Kier alpha value is -3.64. The number of aliphatic hydroxyl groups is 1. The second-order valence-corrected chi connectivity index (χ2v) is 8.85. The number of imide groups is 1. The van der Waals surface area contributed by atoms with Gasteiger partial charge in [0.05, 0.1) is 19.9 Å². The fourth-order valence-electron chi connectivity index (χ4n) is 3.68. The van der Waals surface area contributed by atoms with Gasteiger partial charge in [0.25, 0.3) is 5.91 Å². The molecule has 1 fully saturated rings. The van der Waals surface area contributed by atoms with Crippen molar-refractivity contribution in [2.75, 3.05) is 27.3 Å². The average molecular weight is 545 g/mol. The first kappa shape index (κ1) is 24.5. The number of hydrazone groups is 1. The normalized spacial score (nSPS) is 20.4. The molecule has 2 heterocycles. The van der Waals surface area contributed by atoms with Crippen molar-refractivity contribution in [1.82, 2.24) is 20.5 Å². The number of guanidine groups is 1. The van der Waals surface area contributed by atoms with Gasteiger partial charge in [0.15, 0.2) is 12.2 Å². The van der Waals surface area contributed by atoms with Crippen LogP contribution >= 0.6 is 15.9 Å². The molecule has 12 heteroatoms. The van der Waals surface area contributed by atoms with Gasteiger partial charge in [0, 0.05) is 11.5 Å². The van der Waals surface area contributed by atoms with Gasteiger partial charge in [0.1, 0.15) is 24.2 Å². The predicted molar refractivity (Wildman–Crippen MR) is 132 cm³/mol. The number of benzene rings is 2. The summed E-state index contributed by atoms with van der Waals surface area (Å²) in [6.45, 7) is 0.0192. The van der Waals surface area contributed by atoms with E-state index in [0.717, 1.165) is 15.8 Å². The van der Waals surface area contributed by atoms with Crippen LogP contribution in [0.3, 0.4) is 0 Å². The Morgan fingerprint density at radius 3 is 2.57 bits per heavy atom. The minimum absolute atomic E-state index is 0.00565. The van der Waals surface area contributed by atoms with E-state index in [-0.39, 0.29) is 19.1 Å². The zero-order chi connectivity index (χ0) is 24.9. The number of urea groups is 1. The summed E-state index contributed by atoms with van der Waals surface area (Å²) in [5.74, 6) is 1.08. The Labute approximate surface area is 210 Å². The zero-order valence-corrected chi connectivity index (χ0v) is 20.7. The number of ether oxygens (including phenoxy) is 2. The maximum absolute atomic E-state index is 12.7. The van der Waals surface area contributed by atoms with Gasteiger partial charge in [-0.15, -0.1) is 0 Å². The number of halogens is 1. The molecule has 2 aliphatic rings. The number of β-amino-alcohol motifs (C(OH)–C–C–N with tert-alkyl or cyclic N) is 1. The summed E-state index contributed by atoms with van der Waals surface area (Å²) in [7, 11) is 3.14. The minimum atomic E-state index is -0.953. The van der Waals surface area contributed by atoms with E-state index >= 15 is 0 Å². The van der Waals surface area contributed by atoms with Crippen molar-refractivity contribution in [1.29, 1.82) is 0 Å². The Morgan fingerprint density at radius 2 is 1.89 bits per heavy atom. The molecule has 4 rings (SSSR count). The molecular weight excluding hydrogens is 520 g/mol. The van der Waals surface area contributed by atoms with E-state index in [2.05, 4.69) is 36.8 Å². The quantitative estimate of drug-likeness (QED) is 0.338. The first-order valence-corrected chi connectivity index (χ1v) is 11.6. The average Bonchev–Trinajstić information content (AvgIpc) is 3.21. The summed E-state index contributed by atoms with van der Waals surface area (Å²) in [5, 5.41) is 17.2. The van der Waals surface area contributed by atoms with Crippen LogP contribution < -0.4 is 20.2 Å². The maximum atomic E-state index is 12.7. The lowest BCUT2D eigenvalue weighted by Crippen LogP contribution is -2.64. The molecule has 0 radical (unpaired) electrons. The van der Waals surface area contributed by atoms with Crippen LogP contribution in [0.15, 0.2) is 63.1 Å². The molecule has 2 aromatic rings. The van der Waals surface area contributed by atoms with Gasteiger partial charge in [-0.1, -0.05) is 15.9 Å². The van der Waals surface area contributed by atoms with Crippen molar-refractivity contribution in [2.45, 2.75) is 18.3 Å². The Balaban J connectivity index is 1.46. The van der Waals surface area contributed by atoms with E-state index in [4.69, 9.17) is 9.47 Å². The van der Waals surface area contributed by atoms with Gasteiger partial charge in [-0.2, -0.15) is 5.10 Å². The summed E-state index contributed by atoms with van der Waals surface area (Å²) in [6, 6.07) is 13.1. The van der Waals surface area contributed by atoms with E-state index in [1.165, 1.54) is 4.90 Å². The van der Waals surface area contributed by atoms with Gasteiger partial charge >= 0.3 is 6.03 Å². The van der Waals surface area contributed by atoms with E-state index in [1.54, 1.807) is 37.4 Å². The third kappa shape index (κ3) is 5.72. The molecule has 0 bridgehead atoms. The largest absolute Gasteiger partial charge is 0.497 e. The van der Waals surface area contributed by atoms with Crippen molar-refractivity contribution >= 4 is 40.0 Å². The summed E-state index contributed by atoms with van der Waals surface area (Å²) < 4.78 is 11.7. The zero-order valence-electron chi connectivity index (χ0n) is 19.1. The number of nitrogens with one attached hydrogen (secondary N) is 2. The number of nitrogens with zero attached hydrogens (tertiary/aromatic N) is 4. The number of rotatable bonds is 8. The molecule has 0 aromatic heterocycles. The van der Waals surface area contributed by atoms with Gasteiger partial charge < -0.3 is 24.4 Å². The van der Waals surface area contributed by atoms with Crippen LogP contribution in [0.4, 0.5) is 4.79 Å². The number of hydrogen-bond acceptors (Lipinski definition) is 9. The van der Waals surface area contributed by atoms with Crippen LogP contribution in [0.1, 0.15) is 5.56 Å². The number of aliphatic imine (C=N–C) groups is 1. The van der Waals surface area contributed by atoms with E-state index < -0.39 is 30.2 Å². The second-order valence-electron chi connectivity index (χ2n) is 7.93. The number of carbonyl (C=O) groups is 2. The number of methoxy groups -OCH3 is 1. The van der Waals surface area contributed by atoms with Crippen LogP contribution in [0.2, 0.25) is 0 Å².